The van der Waals surface area contributed by atoms with Crippen molar-refractivity contribution in [1.29, 1.82) is 0 Å². The highest BCUT2D eigenvalue weighted by Crippen LogP contribution is 2.14. The van der Waals surface area contributed by atoms with E-state index in [1.165, 1.54) is 10.1 Å². The van der Waals surface area contributed by atoms with E-state index in [-0.39, 0.29) is 18.1 Å². The summed E-state index contributed by atoms with van der Waals surface area (Å²) in [6.07, 6.45) is 2.12. The Hall–Kier alpha value is -2.82. The highest BCUT2D eigenvalue weighted by Gasteiger charge is 2.14. The molecule has 0 fully saturated rings. The van der Waals surface area contributed by atoms with E-state index < -0.39 is 0 Å². The quantitative estimate of drug-likeness (QED) is 0.749. The molecule has 25 heavy (non-hydrogen) atoms. The molecule has 0 atom stereocenters. The fourth-order valence-corrected chi connectivity index (χ4v) is 3.12. The summed E-state index contributed by atoms with van der Waals surface area (Å²) in [5.74, 6) is -0.204. The van der Waals surface area contributed by atoms with Gasteiger partial charge < -0.3 is 5.32 Å². The van der Waals surface area contributed by atoms with Gasteiger partial charge in [0.1, 0.15) is 6.54 Å². The number of hydrogen-bond acceptors (Lipinski definition) is 2. The number of nitrogens with one attached hydrogen (secondary N) is 1. The van der Waals surface area contributed by atoms with Gasteiger partial charge in [0.2, 0.25) is 5.91 Å². The Labute approximate surface area is 146 Å². The zero-order valence-electron chi connectivity index (χ0n) is 14.7. The third-order valence-electron chi connectivity index (χ3n) is 4.32. The highest BCUT2D eigenvalue weighted by molar-refractivity contribution is 5.91. The van der Waals surface area contributed by atoms with E-state index in [1.807, 2.05) is 55.5 Å². The van der Waals surface area contributed by atoms with Crippen molar-refractivity contribution in [1.82, 2.24) is 9.13 Å². The van der Waals surface area contributed by atoms with Crippen LogP contribution >= 0.6 is 0 Å². The first-order chi connectivity index (χ1) is 12.1. The van der Waals surface area contributed by atoms with Crippen LogP contribution in [-0.2, 0) is 24.3 Å². The lowest BCUT2D eigenvalue weighted by Crippen LogP contribution is -2.29. The van der Waals surface area contributed by atoms with Gasteiger partial charge in [-0.2, -0.15) is 0 Å². The molecule has 1 amide bonds. The van der Waals surface area contributed by atoms with Crippen LogP contribution in [0.25, 0.3) is 11.0 Å². The predicted octanol–water partition coefficient (Wildman–Crippen LogP) is 3.41. The molecule has 0 aliphatic carbocycles. The van der Waals surface area contributed by atoms with Crippen LogP contribution in [0.5, 0.6) is 0 Å². The van der Waals surface area contributed by atoms with E-state index in [2.05, 4.69) is 12.2 Å². The zero-order valence-corrected chi connectivity index (χ0v) is 14.7. The van der Waals surface area contributed by atoms with Gasteiger partial charge in [0.25, 0.3) is 0 Å². The average Bonchev–Trinajstić information content (AvgIpc) is 2.88. The number of rotatable bonds is 6. The summed E-state index contributed by atoms with van der Waals surface area (Å²) in [6, 6.07) is 15.4. The molecule has 3 aromatic rings. The SMILES string of the molecule is CCCc1ccc(NC(=O)Cn2c(=O)n(CC)c3ccccc32)cc1. The molecule has 5 heteroatoms. The lowest BCUT2D eigenvalue weighted by molar-refractivity contribution is -0.116. The molecule has 1 N–H and O–H groups in total. The average molecular weight is 337 g/mol. The van der Waals surface area contributed by atoms with Gasteiger partial charge in [-0.3, -0.25) is 13.9 Å². The number of carbonyl (C=O) groups excluding carboxylic acids is 1. The van der Waals surface area contributed by atoms with Crippen molar-refractivity contribution in [3.05, 3.63) is 64.6 Å². The van der Waals surface area contributed by atoms with Gasteiger partial charge in [-0.05, 0) is 43.2 Å². The molecular formula is C20H23N3O2. The molecule has 0 saturated heterocycles. The van der Waals surface area contributed by atoms with Gasteiger partial charge in [0, 0.05) is 12.2 Å². The molecule has 2 aromatic carbocycles. The summed E-state index contributed by atoms with van der Waals surface area (Å²) in [6.45, 7) is 4.65. The molecule has 3 rings (SSSR count). The van der Waals surface area contributed by atoms with Crippen molar-refractivity contribution in [2.75, 3.05) is 5.32 Å². The van der Waals surface area contributed by atoms with Crippen LogP contribution in [0.4, 0.5) is 5.69 Å². The molecule has 1 aromatic heterocycles. The van der Waals surface area contributed by atoms with Crippen LogP contribution in [0.15, 0.2) is 53.3 Å². The van der Waals surface area contributed by atoms with Crippen LogP contribution < -0.4 is 11.0 Å². The maximum Gasteiger partial charge on any atom is 0.329 e. The van der Waals surface area contributed by atoms with E-state index in [1.54, 1.807) is 4.57 Å². The van der Waals surface area contributed by atoms with Crippen molar-refractivity contribution >= 4 is 22.6 Å². The van der Waals surface area contributed by atoms with E-state index in [0.29, 0.717) is 6.54 Å². The Balaban J connectivity index is 1.80. The Bertz CT molecular complexity index is 936. The number of para-hydroxylation sites is 2. The molecule has 130 valence electrons. The van der Waals surface area contributed by atoms with Crippen molar-refractivity contribution in [2.24, 2.45) is 0 Å². The van der Waals surface area contributed by atoms with Crippen LogP contribution in [0.1, 0.15) is 25.8 Å². The number of anilines is 1. The third-order valence-corrected chi connectivity index (χ3v) is 4.32. The number of benzene rings is 2. The Kier molecular flexibility index (Phi) is 5.03. The standard InChI is InChI=1S/C20H23N3O2/c1-3-7-15-10-12-16(13-11-15)21-19(24)14-23-18-9-6-5-8-17(18)22(4-2)20(23)25/h5-6,8-13H,3-4,7,14H2,1-2H3,(H,21,24). The molecule has 5 nitrogen and oxygen atoms in total. The summed E-state index contributed by atoms with van der Waals surface area (Å²) in [5.41, 5.74) is 3.48. The number of carbonyl (C=O) groups is 1. The summed E-state index contributed by atoms with van der Waals surface area (Å²) >= 11 is 0. The lowest BCUT2D eigenvalue weighted by atomic mass is 10.1. The van der Waals surface area contributed by atoms with Crippen LogP contribution in [-0.4, -0.2) is 15.0 Å². The monoisotopic (exact) mass is 337 g/mol. The van der Waals surface area contributed by atoms with Gasteiger partial charge in [0.15, 0.2) is 0 Å². The molecule has 1 heterocycles. The van der Waals surface area contributed by atoms with E-state index >= 15 is 0 Å². The summed E-state index contributed by atoms with van der Waals surface area (Å²) in [7, 11) is 0. The number of amides is 1. The van der Waals surface area contributed by atoms with Crippen molar-refractivity contribution in [3.8, 4) is 0 Å². The number of hydrogen-bond donors (Lipinski definition) is 1. The summed E-state index contributed by atoms with van der Waals surface area (Å²) in [5, 5.41) is 2.87. The molecular weight excluding hydrogens is 314 g/mol. The Morgan fingerprint density at radius 3 is 2.20 bits per heavy atom. The summed E-state index contributed by atoms with van der Waals surface area (Å²) < 4.78 is 3.21. The van der Waals surface area contributed by atoms with Crippen LogP contribution in [0.2, 0.25) is 0 Å². The lowest BCUT2D eigenvalue weighted by Gasteiger charge is -2.07. The molecule has 0 aliphatic heterocycles. The topological polar surface area (TPSA) is 56.0 Å². The predicted molar refractivity (Wildman–Crippen MR) is 101 cm³/mol. The summed E-state index contributed by atoms with van der Waals surface area (Å²) in [4.78, 5) is 25.0. The Morgan fingerprint density at radius 2 is 1.60 bits per heavy atom. The van der Waals surface area contributed by atoms with E-state index in [9.17, 15) is 9.59 Å². The van der Waals surface area contributed by atoms with Gasteiger partial charge in [-0.1, -0.05) is 37.6 Å². The normalized spacial score (nSPS) is 11.0. The number of aromatic nitrogens is 2. The van der Waals surface area contributed by atoms with Crippen LogP contribution in [0, 0.1) is 0 Å². The van der Waals surface area contributed by atoms with Gasteiger partial charge in [-0.15, -0.1) is 0 Å². The van der Waals surface area contributed by atoms with Crippen molar-refractivity contribution < 1.29 is 4.79 Å². The fourth-order valence-electron chi connectivity index (χ4n) is 3.12. The molecule has 0 radical (unpaired) electrons. The van der Waals surface area contributed by atoms with Crippen molar-refractivity contribution in [2.45, 2.75) is 39.8 Å². The maximum absolute atomic E-state index is 12.6. The second-order valence-electron chi connectivity index (χ2n) is 6.10. The number of imidazole rings is 1. The van der Waals surface area contributed by atoms with Gasteiger partial charge in [0.05, 0.1) is 11.0 Å². The van der Waals surface area contributed by atoms with Crippen LogP contribution in [0.3, 0.4) is 0 Å². The molecule has 0 saturated carbocycles. The van der Waals surface area contributed by atoms with Gasteiger partial charge >= 0.3 is 5.69 Å². The number of fused-ring (bicyclic) bond motifs is 1. The third kappa shape index (κ3) is 3.50. The van der Waals surface area contributed by atoms with E-state index in [4.69, 9.17) is 0 Å². The number of aryl methyl sites for hydroxylation is 2. The first-order valence-corrected chi connectivity index (χ1v) is 8.71. The zero-order chi connectivity index (χ0) is 17.8. The maximum atomic E-state index is 12.6. The molecule has 0 aliphatic rings. The first kappa shape index (κ1) is 17.0. The minimum atomic E-state index is -0.204. The minimum Gasteiger partial charge on any atom is -0.325 e. The molecule has 0 bridgehead atoms. The second kappa shape index (κ2) is 7.38. The largest absolute Gasteiger partial charge is 0.329 e. The highest BCUT2D eigenvalue weighted by atomic mass is 16.2. The molecule has 0 spiro atoms. The number of nitrogens with zero attached hydrogens (tertiary/aromatic N) is 2. The second-order valence-corrected chi connectivity index (χ2v) is 6.10. The van der Waals surface area contributed by atoms with Crippen molar-refractivity contribution in [3.63, 3.8) is 0 Å². The smallest absolute Gasteiger partial charge is 0.325 e. The fraction of sp³-hybridized carbons (Fsp3) is 0.300. The first-order valence-electron chi connectivity index (χ1n) is 8.71. The minimum absolute atomic E-state index is 0.00303. The Morgan fingerprint density at radius 1 is 0.960 bits per heavy atom. The van der Waals surface area contributed by atoms with E-state index in [0.717, 1.165) is 29.6 Å². The van der Waals surface area contributed by atoms with Gasteiger partial charge in [-0.25, -0.2) is 4.79 Å². The molecule has 0 unspecified atom stereocenters.